The fraction of sp³-hybridized carbons (Fsp3) is 0.188. The van der Waals surface area contributed by atoms with Crippen LogP contribution in [0.5, 0.6) is 0 Å². The molecule has 0 fully saturated rings. The summed E-state index contributed by atoms with van der Waals surface area (Å²) in [6.45, 7) is 3.34. The summed E-state index contributed by atoms with van der Waals surface area (Å²) in [7, 11) is 0. The van der Waals surface area contributed by atoms with E-state index in [-0.39, 0.29) is 11.6 Å². The highest BCUT2D eigenvalue weighted by Gasteiger charge is 2.11. The Morgan fingerprint density at radius 3 is 2.16 bits per heavy atom. The third kappa shape index (κ3) is 3.21. The van der Waals surface area contributed by atoms with Gasteiger partial charge >= 0.3 is 0 Å². The average Bonchev–Trinajstić information content (AvgIpc) is 2.38. The van der Waals surface area contributed by atoms with Crippen LogP contribution in [0.1, 0.15) is 27.0 Å². The molecule has 0 bridgehead atoms. The number of benzene rings is 2. The van der Waals surface area contributed by atoms with Gasteiger partial charge in [0.1, 0.15) is 5.82 Å². The van der Waals surface area contributed by atoms with Crippen LogP contribution in [0.4, 0.5) is 4.39 Å². The van der Waals surface area contributed by atoms with Crippen LogP contribution >= 0.6 is 11.6 Å². The maximum atomic E-state index is 13.5. The van der Waals surface area contributed by atoms with E-state index in [9.17, 15) is 9.18 Å². The molecule has 0 saturated carbocycles. The summed E-state index contributed by atoms with van der Waals surface area (Å²) in [6.07, 6.45) is 0.293. The van der Waals surface area contributed by atoms with Gasteiger partial charge in [0.25, 0.3) is 0 Å². The van der Waals surface area contributed by atoms with Crippen LogP contribution in [0.3, 0.4) is 0 Å². The summed E-state index contributed by atoms with van der Waals surface area (Å²) in [4.78, 5) is 12.2. The topological polar surface area (TPSA) is 17.1 Å². The van der Waals surface area contributed by atoms with Crippen molar-refractivity contribution in [2.45, 2.75) is 20.3 Å². The first-order chi connectivity index (χ1) is 8.97. The van der Waals surface area contributed by atoms with Crippen molar-refractivity contribution in [3.63, 3.8) is 0 Å². The van der Waals surface area contributed by atoms with E-state index in [0.29, 0.717) is 28.1 Å². The minimum Gasteiger partial charge on any atom is -0.294 e. The van der Waals surface area contributed by atoms with Crippen molar-refractivity contribution in [3.8, 4) is 0 Å². The molecule has 0 N–H and O–H groups in total. The molecule has 0 heterocycles. The molecule has 0 saturated heterocycles. The van der Waals surface area contributed by atoms with Gasteiger partial charge in [-0.15, -0.1) is 0 Å². The van der Waals surface area contributed by atoms with Gasteiger partial charge in [-0.25, -0.2) is 4.39 Å². The van der Waals surface area contributed by atoms with Crippen molar-refractivity contribution < 1.29 is 9.18 Å². The zero-order valence-corrected chi connectivity index (χ0v) is 11.6. The van der Waals surface area contributed by atoms with E-state index in [2.05, 4.69) is 0 Å². The molecular formula is C16H14ClFO. The third-order valence-corrected chi connectivity index (χ3v) is 3.29. The predicted molar refractivity (Wildman–Crippen MR) is 75.4 cm³/mol. The number of carbonyl (C=O) groups excluding carboxylic acids is 1. The van der Waals surface area contributed by atoms with Gasteiger partial charge < -0.3 is 0 Å². The van der Waals surface area contributed by atoms with E-state index < -0.39 is 0 Å². The van der Waals surface area contributed by atoms with Gasteiger partial charge in [0.2, 0.25) is 0 Å². The number of ketones is 1. The molecule has 0 amide bonds. The fourth-order valence-corrected chi connectivity index (χ4v) is 2.12. The molecule has 0 aliphatic carbocycles. The SMILES string of the molecule is Cc1cc(C(=O)Cc2ccc(Cl)cc2)cc(C)c1F. The smallest absolute Gasteiger partial charge is 0.167 e. The summed E-state index contributed by atoms with van der Waals surface area (Å²) in [6, 6.07) is 10.4. The summed E-state index contributed by atoms with van der Waals surface area (Å²) in [5, 5.41) is 0.643. The van der Waals surface area contributed by atoms with Crippen LogP contribution < -0.4 is 0 Å². The molecule has 0 aliphatic heterocycles. The van der Waals surface area contributed by atoms with Crippen molar-refractivity contribution in [3.05, 3.63) is 69.5 Å². The maximum Gasteiger partial charge on any atom is 0.167 e. The van der Waals surface area contributed by atoms with Crippen molar-refractivity contribution >= 4 is 17.4 Å². The fourth-order valence-electron chi connectivity index (χ4n) is 2.00. The third-order valence-electron chi connectivity index (χ3n) is 3.04. The van der Waals surface area contributed by atoms with E-state index in [0.717, 1.165) is 5.56 Å². The Morgan fingerprint density at radius 2 is 1.63 bits per heavy atom. The number of carbonyl (C=O) groups is 1. The zero-order chi connectivity index (χ0) is 14.0. The Labute approximate surface area is 117 Å². The largest absolute Gasteiger partial charge is 0.294 e. The van der Waals surface area contributed by atoms with E-state index in [1.165, 1.54) is 0 Å². The lowest BCUT2D eigenvalue weighted by molar-refractivity contribution is 0.0992. The van der Waals surface area contributed by atoms with Gasteiger partial charge in [0.05, 0.1) is 0 Å². The van der Waals surface area contributed by atoms with Crippen LogP contribution in [0, 0.1) is 19.7 Å². The standard InChI is InChI=1S/C16H14ClFO/c1-10-7-13(8-11(2)16(10)18)15(19)9-12-3-5-14(17)6-4-12/h3-8H,9H2,1-2H3. The van der Waals surface area contributed by atoms with Gasteiger partial charge in [-0.2, -0.15) is 0 Å². The van der Waals surface area contributed by atoms with Crippen LogP contribution in [-0.4, -0.2) is 5.78 Å². The molecule has 2 rings (SSSR count). The highest BCUT2D eigenvalue weighted by atomic mass is 35.5. The van der Waals surface area contributed by atoms with Gasteiger partial charge in [-0.05, 0) is 54.8 Å². The molecule has 0 radical (unpaired) electrons. The van der Waals surface area contributed by atoms with Crippen LogP contribution in [0.2, 0.25) is 5.02 Å². The van der Waals surface area contributed by atoms with E-state index in [1.807, 2.05) is 12.1 Å². The minimum atomic E-state index is -0.247. The zero-order valence-electron chi connectivity index (χ0n) is 10.8. The van der Waals surface area contributed by atoms with Crippen molar-refractivity contribution in [1.82, 2.24) is 0 Å². The molecule has 19 heavy (non-hydrogen) atoms. The Bertz CT molecular complexity index is 594. The summed E-state index contributed by atoms with van der Waals surface area (Å²) in [5.74, 6) is -0.267. The lowest BCUT2D eigenvalue weighted by atomic mass is 9.99. The van der Waals surface area contributed by atoms with Crippen molar-refractivity contribution in [1.29, 1.82) is 0 Å². The molecule has 3 heteroatoms. The number of rotatable bonds is 3. The average molecular weight is 277 g/mol. The predicted octanol–water partition coefficient (Wildman–Crippen LogP) is 4.52. The molecule has 2 aromatic rings. The van der Waals surface area contributed by atoms with Crippen LogP contribution in [-0.2, 0) is 6.42 Å². The van der Waals surface area contributed by atoms with Gasteiger partial charge in [-0.1, -0.05) is 23.7 Å². The molecule has 0 atom stereocenters. The second-order valence-electron chi connectivity index (χ2n) is 4.65. The van der Waals surface area contributed by atoms with Crippen molar-refractivity contribution in [2.75, 3.05) is 0 Å². The highest BCUT2D eigenvalue weighted by molar-refractivity contribution is 6.30. The maximum absolute atomic E-state index is 13.5. The Balaban J connectivity index is 2.23. The van der Waals surface area contributed by atoms with E-state index in [1.54, 1.807) is 38.1 Å². The second kappa shape index (κ2) is 5.54. The quantitative estimate of drug-likeness (QED) is 0.753. The summed E-state index contributed by atoms with van der Waals surface area (Å²) in [5.41, 5.74) is 2.44. The number of Topliss-reactive ketones (excluding diaryl/α,β-unsaturated/α-hetero) is 1. The highest BCUT2D eigenvalue weighted by Crippen LogP contribution is 2.17. The van der Waals surface area contributed by atoms with Crippen LogP contribution in [0.25, 0.3) is 0 Å². The Kier molecular flexibility index (Phi) is 4.01. The molecular weight excluding hydrogens is 263 g/mol. The number of hydrogen-bond donors (Lipinski definition) is 0. The molecule has 0 spiro atoms. The lowest BCUT2D eigenvalue weighted by Gasteiger charge is -2.06. The van der Waals surface area contributed by atoms with Gasteiger partial charge in [-0.3, -0.25) is 4.79 Å². The lowest BCUT2D eigenvalue weighted by Crippen LogP contribution is -2.05. The van der Waals surface area contributed by atoms with Gasteiger partial charge in [0, 0.05) is 17.0 Å². The van der Waals surface area contributed by atoms with Gasteiger partial charge in [0.15, 0.2) is 5.78 Å². The molecule has 1 nitrogen and oxygen atoms in total. The molecule has 2 aromatic carbocycles. The normalized spacial score (nSPS) is 10.5. The molecule has 0 unspecified atom stereocenters. The molecule has 98 valence electrons. The Hall–Kier alpha value is -1.67. The number of aryl methyl sites for hydroxylation is 2. The number of halogens is 2. The van der Waals surface area contributed by atoms with E-state index >= 15 is 0 Å². The molecule has 0 aromatic heterocycles. The first-order valence-corrected chi connectivity index (χ1v) is 6.39. The number of hydrogen-bond acceptors (Lipinski definition) is 1. The van der Waals surface area contributed by atoms with Crippen LogP contribution in [0.15, 0.2) is 36.4 Å². The first kappa shape index (κ1) is 13.8. The molecule has 0 aliphatic rings. The van der Waals surface area contributed by atoms with E-state index in [4.69, 9.17) is 11.6 Å². The van der Waals surface area contributed by atoms with Crippen molar-refractivity contribution in [2.24, 2.45) is 0 Å². The Morgan fingerprint density at radius 1 is 1.11 bits per heavy atom. The first-order valence-electron chi connectivity index (χ1n) is 6.02. The second-order valence-corrected chi connectivity index (χ2v) is 5.09. The summed E-state index contributed by atoms with van der Waals surface area (Å²) >= 11 is 5.80. The monoisotopic (exact) mass is 276 g/mol. The minimum absolute atomic E-state index is 0.0199. The summed E-state index contributed by atoms with van der Waals surface area (Å²) < 4.78 is 13.5.